The summed E-state index contributed by atoms with van der Waals surface area (Å²) in [4.78, 5) is 9.27. The molecule has 1 aromatic rings. The third-order valence-electron chi connectivity index (χ3n) is 5.94. The Balaban J connectivity index is 1.60. The number of nitrogens with one attached hydrogen (secondary N) is 2. The first-order valence-corrected chi connectivity index (χ1v) is 12.0. The third kappa shape index (κ3) is 7.60. The van der Waals surface area contributed by atoms with Gasteiger partial charge in [-0.3, -0.25) is 4.90 Å². The molecular weight excluding hydrogens is 409 g/mol. The van der Waals surface area contributed by atoms with Gasteiger partial charge in [-0.15, -0.1) is 0 Å². The van der Waals surface area contributed by atoms with Crippen molar-refractivity contribution in [2.75, 3.05) is 70.6 Å². The Labute approximate surface area is 192 Å². The van der Waals surface area contributed by atoms with Gasteiger partial charge in [0.15, 0.2) is 5.96 Å². The van der Waals surface area contributed by atoms with E-state index in [0.717, 1.165) is 70.4 Å². The van der Waals surface area contributed by atoms with Crippen molar-refractivity contribution in [2.24, 2.45) is 10.9 Å². The number of nitrogens with zero attached hydrogens (tertiary/aromatic N) is 3. The second kappa shape index (κ2) is 13.0. The molecule has 180 valence electrons. The zero-order valence-electron chi connectivity index (χ0n) is 19.9. The zero-order chi connectivity index (χ0) is 22.8. The van der Waals surface area contributed by atoms with Gasteiger partial charge in [-0.05, 0) is 37.0 Å². The third-order valence-corrected chi connectivity index (χ3v) is 5.94. The fourth-order valence-corrected chi connectivity index (χ4v) is 4.28. The van der Waals surface area contributed by atoms with E-state index < -0.39 is 0 Å². The molecule has 32 heavy (non-hydrogen) atoms. The molecule has 2 N–H and O–H groups in total. The molecule has 0 bridgehead atoms. The normalized spacial score (nSPS) is 19.3. The molecule has 3 rings (SSSR count). The molecule has 0 spiro atoms. The Kier molecular flexibility index (Phi) is 10.0. The minimum Gasteiger partial charge on any atom is -0.379 e. The lowest BCUT2D eigenvalue weighted by atomic mass is 10.0. The molecule has 7 nitrogen and oxygen atoms in total. The minimum atomic E-state index is -0.193. The van der Waals surface area contributed by atoms with Gasteiger partial charge in [0, 0.05) is 45.3 Å². The molecule has 1 aromatic carbocycles. The molecule has 0 saturated carbocycles. The molecule has 8 heteroatoms. The molecule has 0 radical (unpaired) electrons. The zero-order valence-corrected chi connectivity index (χ0v) is 19.9. The molecule has 1 atom stereocenters. The van der Waals surface area contributed by atoms with Gasteiger partial charge < -0.3 is 25.0 Å². The predicted octanol–water partition coefficient (Wildman–Crippen LogP) is 2.46. The number of hydrogen-bond donors (Lipinski definition) is 2. The molecule has 0 amide bonds. The van der Waals surface area contributed by atoms with Crippen LogP contribution in [-0.2, 0) is 16.0 Å². The summed E-state index contributed by atoms with van der Waals surface area (Å²) in [5, 5.41) is 6.83. The van der Waals surface area contributed by atoms with Crippen LogP contribution in [0.2, 0.25) is 0 Å². The van der Waals surface area contributed by atoms with Gasteiger partial charge in [0.1, 0.15) is 5.82 Å². The minimum absolute atomic E-state index is 0.193. The summed E-state index contributed by atoms with van der Waals surface area (Å²) in [6, 6.07) is 5.87. The standard InChI is InChI=1S/C24H40FN5O2/c1-4-26-24(28-18-21(15-19(2)3)29-7-11-31-12-8-29)27-17-20-5-6-23(22(25)16-20)30-9-13-32-14-10-30/h5-6,16,19,21H,4,7-15,17-18H2,1-3H3,(H2,26,27,28). The maximum atomic E-state index is 14.7. The average Bonchev–Trinajstić information content (AvgIpc) is 2.81. The van der Waals surface area contributed by atoms with E-state index in [1.54, 1.807) is 6.07 Å². The van der Waals surface area contributed by atoms with Crippen molar-refractivity contribution in [2.45, 2.75) is 39.8 Å². The van der Waals surface area contributed by atoms with Crippen molar-refractivity contribution < 1.29 is 13.9 Å². The van der Waals surface area contributed by atoms with E-state index in [4.69, 9.17) is 14.5 Å². The van der Waals surface area contributed by atoms with E-state index in [-0.39, 0.29) is 5.82 Å². The first-order chi connectivity index (χ1) is 15.6. The van der Waals surface area contributed by atoms with Crippen LogP contribution in [0.1, 0.15) is 32.8 Å². The predicted molar refractivity (Wildman–Crippen MR) is 128 cm³/mol. The summed E-state index contributed by atoms with van der Waals surface area (Å²) < 4.78 is 25.6. The summed E-state index contributed by atoms with van der Waals surface area (Å²) >= 11 is 0. The topological polar surface area (TPSA) is 61.4 Å². The number of halogens is 1. The Morgan fingerprint density at radius 3 is 2.38 bits per heavy atom. The molecular formula is C24H40FN5O2. The van der Waals surface area contributed by atoms with Crippen LogP contribution in [0.5, 0.6) is 0 Å². The lowest BCUT2D eigenvalue weighted by Crippen LogP contribution is -2.51. The van der Waals surface area contributed by atoms with Gasteiger partial charge in [-0.25, -0.2) is 9.38 Å². The number of rotatable bonds is 9. The SMILES string of the molecule is CCNC(=NCc1ccc(N2CCOCC2)c(F)c1)NCC(CC(C)C)N1CCOCC1. The van der Waals surface area contributed by atoms with Crippen LogP contribution in [0, 0.1) is 11.7 Å². The van der Waals surface area contributed by atoms with Gasteiger partial charge in [-0.2, -0.15) is 0 Å². The van der Waals surface area contributed by atoms with Crippen molar-refractivity contribution in [3.63, 3.8) is 0 Å². The van der Waals surface area contributed by atoms with Crippen molar-refractivity contribution in [1.29, 1.82) is 0 Å². The van der Waals surface area contributed by atoms with E-state index in [0.29, 0.717) is 37.4 Å². The number of aliphatic imine (C=N–C) groups is 1. The molecule has 2 aliphatic rings. The van der Waals surface area contributed by atoms with Gasteiger partial charge in [-0.1, -0.05) is 19.9 Å². The Bertz CT molecular complexity index is 718. The monoisotopic (exact) mass is 449 g/mol. The maximum absolute atomic E-state index is 14.7. The number of ether oxygens (including phenoxy) is 2. The van der Waals surface area contributed by atoms with Crippen molar-refractivity contribution >= 4 is 11.6 Å². The quantitative estimate of drug-likeness (QED) is 0.446. The Morgan fingerprint density at radius 1 is 1.06 bits per heavy atom. The molecule has 2 saturated heterocycles. The summed E-state index contributed by atoms with van der Waals surface area (Å²) in [5.41, 5.74) is 1.51. The van der Waals surface area contributed by atoms with Crippen molar-refractivity contribution in [3.05, 3.63) is 29.6 Å². The second-order valence-corrected chi connectivity index (χ2v) is 8.89. The fourth-order valence-electron chi connectivity index (χ4n) is 4.28. The van der Waals surface area contributed by atoms with E-state index >= 15 is 0 Å². The molecule has 2 heterocycles. The number of morpholine rings is 2. The van der Waals surface area contributed by atoms with E-state index in [1.165, 1.54) is 0 Å². The summed E-state index contributed by atoms with van der Waals surface area (Å²) in [6.45, 7) is 14.9. The summed E-state index contributed by atoms with van der Waals surface area (Å²) in [7, 11) is 0. The molecule has 0 aliphatic carbocycles. The van der Waals surface area contributed by atoms with Crippen LogP contribution in [0.15, 0.2) is 23.2 Å². The highest BCUT2D eigenvalue weighted by atomic mass is 19.1. The van der Waals surface area contributed by atoms with Gasteiger partial charge >= 0.3 is 0 Å². The lowest BCUT2D eigenvalue weighted by Gasteiger charge is -2.35. The van der Waals surface area contributed by atoms with Gasteiger partial charge in [0.2, 0.25) is 0 Å². The maximum Gasteiger partial charge on any atom is 0.191 e. The number of guanidine groups is 1. The van der Waals surface area contributed by atoms with Crippen LogP contribution in [-0.4, -0.2) is 82.6 Å². The van der Waals surface area contributed by atoms with Crippen LogP contribution < -0.4 is 15.5 Å². The van der Waals surface area contributed by atoms with Crippen molar-refractivity contribution in [1.82, 2.24) is 15.5 Å². The Hall–Kier alpha value is -1.90. The molecule has 0 aromatic heterocycles. The average molecular weight is 450 g/mol. The van der Waals surface area contributed by atoms with E-state index in [9.17, 15) is 4.39 Å². The number of hydrogen-bond acceptors (Lipinski definition) is 5. The van der Waals surface area contributed by atoms with E-state index in [1.807, 2.05) is 17.0 Å². The van der Waals surface area contributed by atoms with E-state index in [2.05, 4.69) is 36.3 Å². The van der Waals surface area contributed by atoms with Crippen molar-refractivity contribution in [3.8, 4) is 0 Å². The fraction of sp³-hybridized carbons (Fsp3) is 0.708. The van der Waals surface area contributed by atoms with Gasteiger partial charge in [0.25, 0.3) is 0 Å². The highest BCUT2D eigenvalue weighted by Gasteiger charge is 2.22. The second-order valence-electron chi connectivity index (χ2n) is 8.89. The Morgan fingerprint density at radius 2 is 1.75 bits per heavy atom. The largest absolute Gasteiger partial charge is 0.379 e. The first kappa shape index (κ1) is 24.7. The summed E-state index contributed by atoms with van der Waals surface area (Å²) in [6.07, 6.45) is 1.13. The smallest absolute Gasteiger partial charge is 0.191 e. The highest BCUT2D eigenvalue weighted by molar-refractivity contribution is 5.79. The van der Waals surface area contributed by atoms with Crippen LogP contribution >= 0.6 is 0 Å². The molecule has 1 unspecified atom stereocenters. The number of benzene rings is 1. The number of anilines is 1. The summed E-state index contributed by atoms with van der Waals surface area (Å²) in [5.74, 6) is 1.20. The van der Waals surface area contributed by atoms with Crippen LogP contribution in [0.3, 0.4) is 0 Å². The van der Waals surface area contributed by atoms with Crippen LogP contribution in [0.25, 0.3) is 0 Å². The highest BCUT2D eigenvalue weighted by Crippen LogP contribution is 2.22. The molecule has 2 aliphatic heterocycles. The van der Waals surface area contributed by atoms with Gasteiger partial charge in [0.05, 0.1) is 38.7 Å². The molecule has 2 fully saturated rings. The van der Waals surface area contributed by atoms with Crippen LogP contribution in [0.4, 0.5) is 10.1 Å². The first-order valence-electron chi connectivity index (χ1n) is 12.0. The lowest BCUT2D eigenvalue weighted by molar-refractivity contribution is 0.0132.